The molecule has 0 radical (unpaired) electrons. The van der Waals surface area contributed by atoms with Crippen molar-refractivity contribution in [3.63, 3.8) is 0 Å². The van der Waals surface area contributed by atoms with Crippen LogP contribution in [0.4, 0.5) is 14.5 Å². The topological polar surface area (TPSA) is 117 Å². The summed E-state index contributed by atoms with van der Waals surface area (Å²) in [5.41, 5.74) is 9.55. The van der Waals surface area contributed by atoms with Crippen LogP contribution in [0.1, 0.15) is 0 Å². The Labute approximate surface area is 111 Å². The van der Waals surface area contributed by atoms with E-state index in [1.807, 2.05) is 0 Å². The Morgan fingerprint density at radius 2 is 1.95 bits per heavy atom. The van der Waals surface area contributed by atoms with Crippen molar-refractivity contribution in [3.05, 3.63) is 29.8 Å². The summed E-state index contributed by atoms with van der Waals surface area (Å²) in [6, 6.07) is 3.23. The summed E-state index contributed by atoms with van der Waals surface area (Å²) in [6.07, 6.45) is 0. The van der Waals surface area contributed by atoms with Crippen LogP contribution in [-0.4, -0.2) is 22.8 Å². The number of para-hydroxylation sites is 1. The SMILES string of the molecule is N=C(N=C(N)N)SCC(=O)Nc1c(F)cccc1F. The smallest absolute Gasteiger partial charge is 0.235 e. The van der Waals surface area contributed by atoms with E-state index in [0.717, 1.165) is 23.9 Å². The second kappa shape index (κ2) is 6.69. The van der Waals surface area contributed by atoms with Crippen LogP contribution >= 0.6 is 11.8 Å². The van der Waals surface area contributed by atoms with Gasteiger partial charge in [-0.25, -0.2) is 8.78 Å². The fourth-order valence-electron chi connectivity index (χ4n) is 1.08. The van der Waals surface area contributed by atoms with E-state index in [1.54, 1.807) is 0 Å². The Hall–Kier alpha value is -2.16. The molecule has 0 saturated heterocycles. The van der Waals surface area contributed by atoms with Crippen molar-refractivity contribution in [1.29, 1.82) is 5.41 Å². The molecule has 0 atom stereocenters. The number of nitrogens with one attached hydrogen (secondary N) is 2. The molecular weight excluding hydrogens is 276 g/mol. The number of hydrogen-bond acceptors (Lipinski definition) is 3. The summed E-state index contributed by atoms with van der Waals surface area (Å²) in [5, 5.41) is 9.06. The van der Waals surface area contributed by atoms with E-state index in [1.165, 1.54) is 6.07 Å². The first-order chi connectivity index (χ1) is 8.90. The number of rotatable bonds is 3. The minimum atomic E-state index is -0.877. The molecule has 0 heterocycles. The minimum absolute atomic E-state index is 0.247. The van der Waals surface area contributed by atoms with Gasteiger partial charge in [0, 0.05) is 0 Å². The van der Waals surface area contributed by atoms with Gasteiger partial charge in [-0.05, 0) is 12.1 Å². The molecule has 0 aliphatic rings. The summed E-state index contributed by atoms with van der Waals surface area (Å²) in [4.78, 5) is 14.8. The Kier molecular flexibility index (Phi) is 5.24. The van der Waals surface area contributed by atoms with Crippen LogP contribution in [0.25, 0.3) is 0 Å². The molecule has 0 spiro atoms. The van der Waals surface area contributed by atoms with Gasteiger partial charge in [0.25, 0.3) is 0 Å². The molecule has 1 aromatic rings. The van der Waals surface area contributed by atoms with Crippen LogP contribution in [0.15, 0.2) is 23.2 Å². The second-order valence-electron chi connectivity index (χ2n) is 3.28. The number of carbonyl (C=O) groups is 1. The van der Waals surface area contributed by atoms with Crippen LogP contribution in [-0.2, 0) is 4.79 Å². The summed E-state index contributed by atoms with van der Waals surface area (Å²) in [5.74, 6) is -2.98. The molecule has 6 N–H and O–H groups in total. The Morgan fingerprint density at radius 1 is 1.37 bits per heavy atom. The van der Waals surface area contributed by atoms with Crippen molar-refractivity contribution in [3.8, 4) is 0 Å². The molecule has 6 nitrogen and oxygen atoms in total. The number of hydrogen-bond donors (Lipinski definition) is 4. The van der Waals surface area contributed by atoms with Gasteiger partial charge in [0.05, 0.1) is 5.75 Å². The van der Waals surface area contributed by atoms with E-state index in [4.69, 9.17) is 16.9 Å². The van der Waals surface area contributed by atoms with Crippen molar-refractivity contribution in [2.45, 2.75) is 0 Å². The molecule has 19 heavy (non-hydrogen) atoms. The summed E-state index contributed by atoms with van der Waals surface area (Å²) < 4.78 is 26.4. The van der Waals surface area contributed by atoms with E-state index in [9.17, 15) is 13.6 Å². The first-order valence-corrected chi connectivity index (χ1v) is 5.93. The third kappa shape index (κ3) is 4.92. The maximum Gasteiger partial charge on any atom is 0.235 e. The number of guanidine groups is 1. The highest BCUT2D eigenvalue weighted by Gasteiger charge is 2.12. The Morgan fingerprint density at radius 3 is 2.47 bits per heavy atom. The van der Waals surface area contributed by atoms with Gasteiger partial charge in [-0.3, -0.25) is 10.2 Å². The summed E-state index contributed by atoms with van der Waals surface area (Å²) in [7, 11) is 0. The third-order valence-electron chi connectivity index (χ3n) is 1.80. The Balaban J connectivity index is 2.57. The molecule has 1 aromatic carbocycles. The first kappa shape index (κ1) is 14.9. The first-order valence-electron chi connectivity index (χ1n) is 4.95. The van der Waals surface area contributed by atoms with Crippen LogP contribution in [0.5, 0.6) is 0 Å². The van der Waals surface area contributed by atoms with Gasteiger partial charge in [0.2, 0.25) is 5.91 Å². The molecule has 9 heteroatoms. The number of carbonyl (C=O) groups excluding carboxylic acids is 1. The lowest BCUT2D eigenvalue weighted by molar-refractivity contribution is -0.113. The van der Waals surface area contributed by atoms with Crippen molar-refractivity contribution in [2.24, 2.45) is 16.5 Å². The van der Waals surface area contributed by atoms with E-state index >= 15 is 0 Å². The summed E-state index contributed by atoms with van der Waals surface area (Å²) in [6.45, 7) is 0. The number of nitrogens with two attached hydrogens (primary N) is 2. The fourth-order valence-corrected chi connectivity index (χ4v) is 1.59. The lowest BCUT2D eigenvalue weighted by atomic mass is 10.3. The maximum atomic E-state index is 13.2. The molecule has 0 aliphatic heterocycles. The predicted octanol–water partition coefficient (Wildman–Crippen LogP) is 0.845. The average Bonchev–Trinajstić information content (AvgIpc) is 2.30. The van der Waals surface area contributed by atoms with Crippen molar-refractivity contribution < 1.29 is 13.6 Å². The lowest BCUT2D eigenvalue weighted by Crippen LogP contribution is -2.24. The second-order valence-corrected chi connectivity index (χ2v) is 4.24. The monoisotopic (exact) mass is 287 g/mol. The van der Waals surface area contributed by atoms with Gasteiger partial charge in [-0.1, -0.05) is 17.8 Å². The van der Waals surface area contributed by atoms with E-state index in [-0.39, 0.29) is 16.9 Å². The number of nitrogens with zero attached hydrogens (tertiary/aromatic N) is 1. The highest BCUT2D eigenvalue weighted by Crippen LogP contribution is 2.18. The van der Waals surface area contributed by atoms with Crippen LogP contribution < -0.4 is 16.8 Å². The third-order valence-corrected chi connectivity index (χ3v) is 2.57. The molecule has 0 bridgehead atoms. The van der Waals surface area contributed by atoms with Crippen molar-refractivity contribution >= 4 is 34.5 Å². The largest absolute Gasteiger partial charge is 0.370 e. The van der Waals surface area contributed by atoms with Gasteiger partial charge in [0.1, 0.15) is 17.3 Å². The van der Waals surface area contributed by atoms with Crippen LogP contribution in [0, 0.1) is 17.0 Å². The lowest BCUT2D eigenvalue weighted by Gasteiger charge is -2.06. The number of thioether (sulfide) groups is 1. The highest BCUT2D eigenvalue weighted by atomic mass is 32.2. The molecular formula is C10H11F2N5OS. The molecule has 0 aromatic heterocycles. The Bertz CT molecular complexity index is 510. The average molecular weight is 287 g/mol. The highest BCUT2D eigenvalue weighted by molar-refractivity contribution is 8.14. The van der Waals surface area contributed by atoms with E-state index in [2.05, 4.69) is 10.3 Å². The quantitative estimate of drug-likeness (QED) is 0.487. The van der Waals surface area contributed by atoms with Gasteiger partial charge in [0.15, 0.2) is 11.1 Å². The van der Waals surface area contributed by atoms with Crippen LogP contribution in [0.2, 0.25) is 0 Å². The number of benzene rings is 1. The molecule has 0 saturated carbocycles. The van der Waals surface area contributed by atoms with Gasteiger partial charge >= 0.3 is 0 Å². The molecule has 0 unspecified atom stereocenters. The summed E-state index contributed by atoms with van der Waals surface area (Å²) >= 11 is 0.723. The molecule has 1 rings (SSSR count). The standard InChI is InChI=1S/C10H11F2N5OS/c11-5-2-1-3-6(12)8(5)16-7(18)4-19-10(15)17-9(13)14/h1-3H,4H2,(H,16,18)(H5,13,14,15,17). The zero-order valence-corrected chi connectivity index (χ0v) is 10.4. The molecule has 0 fully saturated rings. The maximum absolute atomic E-state index is 13.2. The van der Waals surface area contributed by atoms with Crippen LogP contribution in [0.3, 0.4) is 0 Å². The number of anilines is 1. The molecule has 0 aliphatic carbocycles. The normalized spacial score (nSPS) is 9.79. The number of amidine groups is 1. The van der Waals surface area contributed by atoms with Crippen molar-refractivity contribution in [1.82, 2.24) is 0 Å². The predicted molar refractivity (Wildman–Crippen MR) is 71.0 cm³/mol. The zero-order valence-electron chi connectivity index (χ0n) is 9.61. The molecule has 102 valence electrons. The van der Waals surface area contributed by atoms with Gasteiger partial charge < -0.3 is 16.8 Å². The minimum Gasteiger partial charge on any atom is -0.370 e. The zero-order chi connectivity index (χ0) is 14.4. The number of amides is 1. The van der Waals surface area contributed by atoms with Gasteiger partial charge in [-0.15, -0.1) is 0 Å². The van der Waals surface area contributed by atoms with E-state index < -0.39 is 23.2 Å². The number of halogens is 2. The van der Waals surface area contributed by atoms with Crippen molar-refractivity contribution in [2.75, 3.05) is 11.1 Å². The van der Waals surface area contributed by atoms with E-state index in [0.29, 0.717) is 0 Å². The number of aliphatic imine (C=N–C) groups is 1. The molecule has 1 amide bonds. The fraction of sp³-hybridized carbons (Fsp3) is 0.100. The van der Waals surface area contributed by atoms with Gasteiger partial charge in [-0.2, -0.15) is 4.99 Å².